The van der Waals surface area contributed by atoms with Crippen LogP contribution >= 0.6 is 0 Å². The van der Waals surface area contributed by atoms with E-state index in [9.17, 15) is 9.59 Å². The molecule has 1 saturated heterocycles. The van der Waals surface area contributed by atoms with E-state index in [1.165, 1.54) is 4.68 Å². The Hall–Kier alpha value is -3.41. The van der Waals surface area contributed by atoms with Crippen LogP contribution in [0.15, 0.2) is 53.3 Å². The van der Waals surface area contributed by atoms with Gasteiger partial charge in [0.05, 0.1) is 5.69 Å². The van der Waals surface area contributed by atoms with Crippen LogP contribution in [0.1, 0.15) is 42.2 Å². The van der Waals surface area contributed by atoms with Gasteiger partial charge >= 0.3 is 0 Å². The van der Waals surface area contributed by atoms with Crippen LogP contribution in [0.25, 0.3) is 27.5 Å². The van der Waals surface area contributed by atoms with Crippen molar-refractivity contribution in [2.75, 3.05) is 6.54 Å². The van der Waals surface area contributed by atoms with Gasteiger partial charge < -0.3 is 9.47 Å². The summed E-state index contributed by atoms with van der Waals surface area (Å²) in [5.74, 6) is -0.102. The highest BCUT2D eigenvalue weighted by Gasteiger charge is 2.30. The number of rotatable bonds is 2. The third kappa shape index (κ3) is 3.05. The molecule has 4 aromatic rings. The maximum Gasteiger partial charge on any atom is 0.296 e. The standard InChI is InChI=1S/C25H26N4O2/c1-16-11-13-18(14-12-16)29-25(31)23-21(19-9-4-5-10-20(19)27(23)3)22(26-29)24(30)28-15-7-6-8-17(28)2/h4-5,9-14,17H,6-8,15H2,1-3H3. The van der Waals surface area contributed by atoms with Crippen molar-refractivity contribution in [3.63, 3.8) is 0 Å². The minimum Gasteiger partial charge on any atom is -0.339 e. The summed E-state index contributed by atoms with van der Waals surface area (Å²) in [5, 5.41) is 6.20. The molecule has 0 aliphatic carbocycles. The van der Waals surface area contributed by atoms with Crippen LogP contribution in [0.5, 0.6) is 0 Å². The third-order valence-corrected chi connectivity index (χ3v) is 6.48. The second kappa shape index (κ2) is 7.38. The highest BCUT2D eigenvalue weighted by atomic mass is 16.2. The molecule has 0 saturated carbocycles. The molecule has 1 aliphatic rings. The van der Waals surface area contributed by atoms with Crippen molar-refractivity contribution in [2.24, 2.45) is 7.05 Å². The fourth-order valence-electron chi connectivity index (χ4n) is 4.73. The number of nitrogens with zero attached hydrogens (tertiary/aromatic N) is 4. The molecule has 3 heterocycles. The van der Waals surface area contributed by atoms with Gasteiger partial charge in [-0.1, -0.05) is 35.9 Å². The minimum absolute atomic E-state index is 0.102. The molecule has 0 bridgehead atoms. The Bertz CT molecular complexity index is 1360. The van der Waals surface area contributed by atoms with Crippen molar-refractivity contribution in [2.45, 2.75) is 39.2 Å². The lowest BCUT2D eigenvalue weighted by molar-refractivity contribution is 0.0630. The normalized spacial score (nSPS) is 16.9. The molecule has 6 nitrogen and oxygen atoms in total. The number of benzene rings is 2. The summed E-state index contributed by atoms with van der Waals surface area (Å²) in [6.45, 7) is 4.81. The first-order chi connectivity index (χ1) is 15.0. The third-order valence-electron chi connectivity index (χ3n) is 6.48. The lowest BCUT2D eigenvalue weighted by Crippen LogP contribution is -2.43. The zero-order chi connectivity index (χ0) is 21.7. The van der Waals surface area contributed by atoms with E-state index in [0.29, 0.717) is 22.3 Å². The fraction of sp³-hybridized carbons (Fsp3) is 0.320. The second-order valence-corrected chi connectivity index (χ2v) is 8.54. The number of likely N-dealkylation sites (tertiary alicyclic amines) is 1. The molecule has 31 heavy (non-hydrogen) atoms. The van der Waals surface area contributed by atoms with Crippen LogP contribution in [0, 0.1) is 6.92 Å². The van der Waals surface area contributed by atoms with E-state index in [4.69, 9.17) is 0 Å². The topological polar surface area (TPSA) is 60.1 Å². The van der Waals surface area contributed by atoms with Crippen LogP contribution in [-0.2, 0) is 7.05 Å². The molecule has 2 aromatic heterocycles. The monoisotopic (exact) mass is 414 g/mol. The van der Waals surface area contributed by atoms with Crippen molar-refractivity contribution in [3.05, 3.63) is 70.1 Å². The predicted octanol–water partition coefficient (Wildman–Crippen LogP) is 4.20. The number of fused-ring (bicyclic) bond motifs is 3. The summed E-state index contributed by atoms with van der Waals surface area (Å²) in [5.41, 5.74) is 3.30. The van der Waals surface area contributed by atoms with E-state index in [0.717, 1.165) is 42.3 Å². The number of amides is 1. The molecule has 1 fully saturated rings. The van der Waals surface area contributed by atoms with E-state index in [-0.39, 0.29) is 17.5 Å². The van der Waals surface area contributed by atoms with Crippen LogP contribution in [0.4, 0.5) is 0 Å². The quantitative estimate of drug-likeness (QED) is 0.494. The van der Waals surface area contributed by atoms with Crippen molar-refractivity contribution < 1.29 is 4.79 Å². The van der Waals surface area contributed by atoms with Crippen molar-refractivity contribution in [3.8, 4) is 5.69 Å². The Labute approximate surface area is 180 Å². The number of piperidine rings is 1. The first kappa shape index (κ1) is 19.5. The molecule has 1 atom stereocenters. The van der Waals surface area contributed by atoms with E-state index in [2.05, 4.69) is 12.0 Å². The molecule has 5 rings (SSSR count). The van der Waals surface area contributed by atoms with Gasteiger partial charge in [0.25, 0.3) is 11.5 Å². The van der Waals surface area contributed by atoms with Crippen molar-refractivity contribution in [1.82, 2.24) is 19.2 Å². The molecule has 0 spiro atoms. The van der Waals surface area contributed by atoms with E-state index >= 15 is 0 Å². The molecule has 1 aliphatic heterocycles. The Balaban J connectivity index is 1.85. The molecule has 0 radical (unpaired) electrons. The first-order valence-corrected chi connectivity index (χ1v) is 10.9. The fourth-order valence-corrected chi connectivity index (χ4v) is 4.73. The molecule has 1 amide bonds. The zero-order valence-electron chi connectivity index (χ0n) is 18.1. The van der Waals surface area contributed by atoms with Gasteiger partial charge in [-0.25, -0.2) is 0 Å². The minimum atomic E-state index is -0.221. The van der Waals surface area contributed by atoms with Crippen LogP contribution in [0.2, 0.25) is 0 Å². The van der Waals surface area contributed by atoms with Gasteiger partial charge in [0.2, 0.25) is 0 Å². The summed E-state index contributed by atoms with van der Waals surface area (Å²) >= 11 is 0. The van der Waals surface area contributed by atoms with Crippen LogP contribution in [-0.4, -0.2) is 37.7 Å². The average molecular weight is 415 g/mol. The number of carbonyl (C=O) groups excluding carboxylic acids is 1. The maximum absolute atomic E-state index is 13.8. The number of para-hydroxylation sites is 1. The highest BCUT2D eigenvalue weighted by Crippen LogP contribution is 2.30. The van der Waals surface area contributed by atoms with Gasteiger partial charge in [-0.3, -0.25) is 9.59 Å². The number of hydrogen-bond acceptors (Lipinski definition) is 3. The van der Waals surface area contributed by atoms with Crippen molar-refractivity contribution in [1.29, 1.82) is 0 Å². The largest absolute Gasteiger partial charge is 0.339 e. The maximum atomic E-state index is 13.8. The number of carbonyl (C=O) groups is 1. The van der Waals surface area contributed by atoms with E-state index in [1.807, 2.05) is 72.0 Å². The average Bonchev–Trinajstić information content (AvgIpc) is 3.08. The van der Waals surface area contributed by atoms with Gasteiger partial charge in [-0.15, -0.1) is 0 Å². The van der Waals surface area contributed by atoms with Gasteiger partial charge in [-0.05, 0) is 51.3 Å². The highest BCUT2D eigenvalue weighted by molar-refractivity contribution is 6.16. The van der Waals surface area contributed by atoms with Gasteiger partial charge in [0.15, 0.2) is 5.69 Å². The van der Waals surface area contributed by atoms with Crippen LogP contribution in [0.3, 0.4) is 0 Å². The molecular weight excluding hydrogens is 388 g/mol. The van der Waals surface area contributed by atoms with Gasteiger partial charge in [0, 0.05) is 35.9 Å². The van der Waals surface area contributed by atoms with Crippen molar-refractivity contribution >= 4 is 27.7 Å². The zero-order valence-corrected chi connectivity index (χ0v) is 18.1. The Morgan fingerprint density at radius 3 is 2.55 bits per heavy atom. The summed E-state index contributed by atoms with van der Waals surface area (Å²) in [4.78, 5) is 29.3. The number of aryl methyl sites for hydroxylation is 2. The second-order valence-electron chi connectivity index (χ2n) is 8.54. The Kier molecular flexibility index (Phi) is 4.65. The molecule has 1 unspecified atom stereocenters. The predicted molar refractivity (Wildman–Crippen MR) is 123 cm³/mol. The Morgan fingerprint density at radius 2 is 1.81 bits per heavy atom. The lowest BCUT2D eigenvalue weighted by Gasteiger charge is -2.33. The molecule has 0 N–H and O–H groups in total. The molecule has 6 heteroatoms. The van der Waals surface area contributed by atoms with E-state index in [1.54, 1.807) is 0 Å². The molecule has 2 aromatic carbocycles. The Morgan fingerprint density at radius 1 is 1.06 bits per heavy atom. The molecule has 158 valence electrons. The summed E-state index contributed by atoms with van der Waals surface area (Å²) in [6, 6.07) is 15.6. The summed E-state index contributed by atoms with van der Waals surface area (Å²) in [6.07, 6.45) is 3.11. The number of aromatic nitrogens is 3. The van der Waals surface area contributed by atoms with Gasteiger partial charge in [-0.2, -0.15) is 9.78 Å². The first-order valence-electron chi connectivity index (χ1n) is 10.9. The smallest absolute Gasteiger partial charge is 0.296 e. The molecular formula is C25H26N4O2. The number of hydrogen-bond donors (Lipinski definition) is 0. The van der Waals surface area contributed by atoms with Crippen LogP contribution < -0.4 is 5.56 Å². The van der Waals surface area contributed by atoms with Gasteiger partial charge in [0.1, 0.15) is 5.52 Å². The lowest BCUT2D eigenvalue weighted by atomic mass is 10.0. The summed E-state index contributed by atoms with van der Waals surface area (Å²) < 4.78 is 3.26. The summed E-state index contributed by atoms with van der Waals surface area (Å²) in [7, 11) is 1.88. The SMILES string of the molecule is Cc1ccc(-n2nc(C(=O)N3CCCCC3C)c3c4ccccc4n(C)c3c2=O)cc1. The van der Waals surface area contributed by atoms with E-state index < -0.39 is 0 Å².